The quantitative estimate of drug-likeness (QED) is 0.835. The number of carbonyl (C=O) groups is 1. The lowest BCUT2D eigenvalue weighted by Crippen LogP contribution is -2.26. The highest BCUT2D eigenvalue weighted by molar-refractivity contribution is 5.92. The summed E-state index contributed by atoms with van der Waals surface area (Å²) in [5.41, 5.74) is 4.34. The molecular formula is C21H24N4O. The number of para-hydroxylation sites is 1. The van der Waals surface area contributed by atoms with Gasteiger partial charge in [-0.1, -0.05) is 29.8 Å². The molecule has 0 spiro atoms. The Morgan fingerprint density at radius 2 is 2.00 bits per heavy atom. The molecule has 134 valence electrons. The van der Waals surface area contributed by atoms with E-state index in [2.05, 4.69) is 44.7 Å². The highest BCUT2D eigenvalue weighted by Gasteiger charge is 2.21. The molecule has 2 heterocycles. The second-order valence-corrected chi connectivity index (χ2v) is 6.92. The summed E-state index contributed by atoms with van der Waals surface area (Å²) >= 11 is 0. The van der Waals surface area contributed by atoms with Crippen LogP contribution in [0.3, 0.4) is 0 Å². The number of rotatable bonds is 5. The highest BCUT2D eigenvalue weighted by atomic mass is 16.1. The monoisotopic (exact) mass is 348 g/mol. The molecule has 0 radical (unpaired) electrons. The number of benzene rings is 1. The summed E-state index contributed by atoms with van der Waals surface area (Å²) in [5, 5.41) is 11.4. The van der Waals surface area contributed by atoms with Crippen molar-refractivity contribution in [3.05, 3.63) is 59.3 Å². The molecule has 5 nitrogen and oxygen atoms in total. The number of fused-ring (bicyclic) bond motifs is 1. The van der Waals surface area contributed by atoms with Gasteiger partial charge >= 0.3 is 0 Å². The molecule has 0 fully saturated rings. The fourth-order valence-corrected chi connectivity index (χ4v) is 3.73. The van der Waals surface area contributed by atoms with Gasteiger partial charge in [-0.2, -0.15) is 0 Å². The second kappa shape index (κ2) is 7.68. The average Bonchev–Trinajstić information content (AvgIpc) is 3.13. The summed E-state index contributed by atoms with van der Waals surface area (Å²) in [6, 6.07) is 12.0. The normalized spacial score (nSPS) is 16.2. The molecule has 1 N–H and O–H groups in total. The Hall–Kier alpha value is -2.69. The first kappa shape index (κ1) is 16.8. The molecule has 1 aliphatic heterocycles. The summed E-state index contributed by atoms with van der Waals surface area (Å²) in [4.78, 5) is 14.4. The van der Waals surface area contributed by atoms with Gasteiger partial charge in [0.05, 0.1) is 0 Å². The van der Waals surface area contributed by atoms with E-state index in [-0.39, 0.29) is 5.91 Å². The van der Waals surface area contributed by atoms with E-state index in [9.17, 15) is 4.79 Å². The number of nitrogens with one attached hydrogen (secondary N) is 1. The van der Waals surface area contributed by atoms with Crippen molar-refractivity contribution in [2.45, 2.75) is 38.5 Å². The third-order valence-electron chi connectivity index (χ3n) is 5.16. The van der Waals surface area contributed by atoms with Crippen molar-refractivity contribution in [3.63, 3.8) is 0 Å². The Morgan fingerprint density at radius 1 is 1.08 bits per heavy atom. The Kier molecular flexibility index (Phi) is 4.95. The molecule has 1 aromatic carbocycles. The van der Waals surface area contributed by atoms with Gasteiger partial charge in [-0.05, 0) is 62.3 Å². The SMILES string of the molecule is O=C(NCCC1=CCCCC1)c1ccc(N2CCc3ccccc32)nn1. The number of nitrogens with zero attached hydrogens (tertiary/aromatic N) is 3. The molecule has 0 saturated carbocycles. The smallest absolute Gasteiger partial charge is 0.271 e. The van der Waals surface area contributed by atoms with E-state index in [1.54, 1.807) is 6.07 Å². The highest BCUT2D eigenvalue weighted by Crippen LogP contribution is 2.32. The minimum absolute atomic E-state index is 0.151. The predicted molar refractivity (Wildman–Crippen MR) is 103 cm³/mol. The van der Waals surface area contributed by atoms with E-state index in [4.69, 9.17) is 0 Å². The van der Waals surface area contributed by atoms with E-state index in [0.717, 1.165) is 25.2 Å². The van der Waals surface area contributed by atoms with Gasteiger partial charge in [0.15, 0.2) is 11.5 Å². The minimum Gasteiger partial charge on any atom is -0.350 e. The summed E-state index contributed by atoms with van der Waals surface area (Å²) in [6.07, 6.45) is 9.17. The van der Waals surface area contributed by atoms with Gasteiger partial charge in [0.2, 0.25) is 0 Å². The fraction of sp³-hybridized carbons (Fsp3) is 0.381. The van der Waals surface area contributed by atoms with Crippen LogP contribution in [0.15, 0.2) is 48.0 Å². The van der Waals surface area contributed by atoms with Gasteiger partial charge in [0, 0.05) is 18.8 Å². The predicted octanol–water partition coefficient (Wildman–Crippen LogP) is 3.79. The van der Waals surface area contributed by atoms with Crippen molar-refractivity contribution in [2.24, 2.45) is 0 Å². The molecule has 1 aliphatic carbocycles. The van der Waals surface area contributed by atoms with Crippen LogP contribution in [0.4, 0.5) is 11.5 Å². The number of allylic oxidation sites excluding steroid dienone is 1. The second-order valence-electron chi connectivity index (χ2n) is 6.92. The third kappa shape index (κ3) is 3.62. The van der Waals surface area contributed by atoms with Crippen molar-refractivity contribution in [1.82, 2.24) is 15.5 Å². The zero-order valence-corrected chi connectivity index (χ0v) is 14.9. The summed E-state index contributed by atoms with van der Waals surface area (Å²) < 4.78 is 0. The molecule has 0 atom stereocenters. The van der Waals surface area contributed by atoms with Crippen LogP contribution >= 0.6 is 0 Å². The largest absolute Gasteiger partial charge is 0.350 e. The summed E-state index contributed by atoms with van der Waals surface area (Å²) in [6.45, 7) is 1.56. The van der Waals surface area contributed by atoms with Gasteiger partial charge in [-0.3, -0.25) is 4.79 Å². The van der Waals surface area contributed by atoms with Crippen LogP contribution in [0, 0.1) is 0 Å². The molecule has 1 aromatic heterocycles. The molecule has 0 saturated heterocycles. The molecule has 2 aliphatic rings. The van der Waals surface area contributed by atoms with Gasteiger partial charge in [-0.25, -0.2) is 0 Å². The van der Waals surface area contributed by atoms with Gasteiger partial charge in [0.25, 0.3) is 5.91 Å². The molecule has 1 amide bonds. The number of amides is 1. The minimum atomic E-state index is -0.151. The Morgan fingerprint density at radius 3 is 2.81 bits per heavy atom. The van der Waals surface area contributed by atoms with Crippen molar-refractivity contribution < 1.29 is 4.79 Å². The maximum absolute atomic E-state index is 12.3. The molecule has 0 bridgehead atoms. The van der Waals surface area contributed by atoms with E-state index in [1.807, 2.05) is 12.1 Å². The van der Waals surface area contributed by atoms with Crippen LogP contribution in [-0.4, -0.2) is 29.2 Å². The van der Waals surface area contributed by atoms with Gasteiger partial charge in [0.1, 0.15) is 0 Å². The van der Waals surface area contributed by atoms with Crippen molar-refractivity contribution in [3.8, 4) is 0 Å². The first-order chi connectivity index (χ1) is 12.8. The average molecular weight is 348 g/mol. The first-order valence-electron chi connectivity index (χ1n) is 9.46. The van der Waals surface area contributed by atoms with Crippen LogP contribution in [-0.2, 0) is 6.42 Å². The first-order valence-corrected chi connectivity index (χ1v) is 9.46. The van der Waals surface area contributed by atoms with Crippen molar-refractivity contribution in [1.29, 1.82) is 0 Å². The van der Waals surface area contributed by atoms with Crippen LogP contribution in [0.1, 0.15) is 48.2 Å². The maximum Gasteiger partial charge on any atom is 0.271 e. The number of hydrogen-bond acceptors (Lipinski definition) is 4. The van der Waals surface area contributed by atoms with Crippen LogP contribution in [0.25, 0.3) is 0 Å². The maximum atomic E-state index is 12.3. The third-order valence-corrected chi connectivity index (χ3v) is 5.16. The lowest BCUT2D eigenvalue weighted by atomic mass is 9.97. The lowest BCUT2D eigenvalue weighted by molar-refractivity contribution is 0.0948. The lowest BCUT2D eigenvalue weighted by Gasteiger charge is -2.17. The zero-order valence-electron chi connectivity index (χ0n) is 14.9. The Labute approximate surface area is 154 Å². The number of anilines is 2. The number of carbonyl (C=O) groups excluding carboxylic acids is 1. The van der Waals surface area contributed by atoms with Gasteiger partial charge in [-0.15, -0.1) is 10.2 Å². The molecule has 5 heteroatoms. The molecule has 0 unspecified atom stereocenters. The topological polar surface area (TPSA) is 58.1 Å². The van der Waals surface area contributed by atoms with Crippen LogP contribution in [0.5, 0.6) is 0 Å². The number of hydrogen-bond donors (Lipinski definition) is 1. The van der Waals surface area contributed by atoms with E-state index in [0.29, 0.717) is 12.2 Å². The van der Waals surface area contributed by atoms with E-state index in [1.165, 1.54) is 42.5 Å². The Balaban J connectivity index is 1.35. The number of aromatic nitrogens is 2. The summed E-state index contributed by atoms with van der Waals surface area (Å²) in [7, 11) is 0. The standard InChI is InChI=1S/C21H24N4O/c26-21(22-14-12-16-6-2-1-3-7-16)18-10-11-20(24-23-18)25-15-13-17-8-4-5-9-19(17)25/h4-6,8-11H,1-3,7,12-15H2,(H,22,26). The molecule has 26 heavy (non-hydrogen) atoms. The Bertz CT molecular complexity index is 813. The fourth-order valence-electron chi connectivity index (χ4n) is 3.73. The van der Waals surface area contributed by atoms with E-state index >= 15 is 0 Å². The van der Waals surface area contributed by atoms with Crippen molar-refractivity contribution in [2.75, 3.05) is 18.0 Å². The summed E-state index contributed by atoms with van der Waals surface area (Å²) in [5.74, 6) is 0.640. The van der Waals surface area contributed by atoms with Crippen LogP contribution in [0.2, 0.25) is 0 Å². The van der Waals surface area contributed by atoms with Crippen LogP contribution < -0.4 is 10.2 Å². The molecular weight excluding hydrogens is 324 g/mol. The molecule has 4 rings (SSSR count). The van der Waals surface area contributed by atoms with Crippen molar-refractivity contribution >= 4 is 17.4 Å². The van der Waals surface area contributed by atoms with Gasteiger partial charge < -0.3 is 10.2 Å². The molecule has 2 aromatic rings. The zero-order chi connectivity index (χ0) is 17.8. The van der Waals surface area contributed by atoms with E-state index < -0.39 is 0 Å².